The van der Waals surface area contributed by atoms with Crippen molar-refractivity contribution >= 4 is 0 Å². The third-order valence-electron chi connectivity index (χ3n) is 4.56. The Morgan fingerprint density at radius 2 is 2.00 bits per heavy atom. The molecule has 1 atom stereocenters. The van der Waals surface area contributed by atoms with Gasteiger partial charge in [-0.1, -0.05) is 30.3 Å². The highest BCUT2D eigenvalue weighted by Gasteiger charge is 2.38. The van der Waals surface area contributed by atoms with Gasteiger partial charge in [-0.05, 0) is 50.1 Å². The first-order chi connectivity index (χ1) is 8.73. The highest BCUT2D eigenvalue weighted by molar-refractivity contribution is 5.14. The monoisotopic (exact) mass is 244 g/mol. The lowest BCUT2D eigenvalue weighted by Crippen LogP contribution is -2.24. The molecule has 0 aromatic heterocycles. The molecule has 1 aromatic rings. The van der Waals surface area contributed by atoms with Gasteiger partial charge < -0.3 is 5.73 Å². The van der Waals surface area contributed by atoms with E-state index < -0.39 is 0 Å². The molecule has 2 fully saturated rings. The lowest BCUT2D eigenvalue weighted by molar-refractivity contribution is 0.309. The third-order valence-corrected chi connectivity index (χ3v) is 4.56. The summed E-state index contributed by atoms with van der Waals surface area (Å²) in [6.45, 7) is 3.65. The minimum absolute atomic E-state index is 0.243. The number of hydrogen-bond donors (Lipinski definition) is 1. The average Bonchev–Trinajstić information content (AvgIpc) is 2.96. The molecule has 1 aliphatic carbocycles. The van der Waals surface area contributed by atoms with E-state index >= 15 is 0 Å². The Morgan fingerprint density at radius 1 is 1.22 bits per heavy atom. The predicted molar refractivity (Wildman–Crippen MR) is 75.2 cm³/mol. The Morgan fingerprint density at radius 3 is 2.72 bits per heavy atom. The molecule has 3 rings (SSSR count). The Kier molecular flexibility index (Phi) is 3.40. The van der Waals surface area contributed by atoms with Crippen LogP contribution in [0.15, 0.2) is 30.3 Å². The predicted octanol–water partition coefficient (Wildman–Crippen LogP) is 2.78. The number of nitrogens with two attached hydrogens (primary N) is 1. The van der Waals surface area contributed by atoms with Crippen molar-refractivity contribution in [1.82, 2.24) is 4.90 Å². The highest BCUT2D eigenvalue weighted by atomic mass is 15.1. The summed E-state index contributed by atoms with van der Waals surface area (Å²) in [6.07, 6.45) is 6.46. The summed E-state index contributed by atoms with van der Waals surface area (Å²) in [5.41, 5.74) is 7.85. The zero-order valence-corrected chi connectivity index (χ0v) is 11.1. The fraction of sp³-hybridized carbons (Fsp3) is 0.625. The lowest BCUT2D eigenvalue weighted by atomic mass is 9.98. The van der Waals surface area contributed by atoms with Gasteiger partial charge in [0.2, 0.25) is 0 Å². The van der Waals surface area contributed by atoms with Crippen molar-refractivity contribution in [3.8, 4) is 0 Å². The number of rotatable bonds is 5. The first kappa shape index (κ1) is 12.2. The van der Waals surface area contributed by atoms with Gasteiger partial charge in [0, 0.05) is 18.6 Å². The van der Waals surface area contributed by atoms with Crippen LogP contribution in [-0.4, -0.2) is 23.5 Å². The number of likely N-dealkylation sites (tertiary alicyclic amines) is 1. The second-order valence-corrected chi connectivity index (χ2v) is 6.28. The van der Waals surface area contributed by atoms with E-state index in [-0.39, 0.29) is 5.54 Å². The number of hydrogen-bond acceptors (Lipinski definition) is 2. The standard InChI is InChI=1S/C16H24N2/c17-16(9-10-16)8-6-15-7-11-18(13-15)12-14-4-2-1-3-5-14/h1-5,15H,6-13,17H2. The third kappa shape index (κ3) is 3.12. The van der Waals surface area contributed by atoms with Gasteiger partial charge in [-0.3, -0.25) is 4.90 Å². The van der Waals surface area contributed by atoms with Crippen molar-refractivity contribution in [2.24, 2.45) is 11.7 Å². The molecule has 1 aromatic carbocycles. The van der Waals surface area contributed by atoms with Crippen LogP contribution < -0.4 is 5.73 Å². The normalized spacial score (nSPS) is 26.4. The molecule has 1 unspecified atom stereocenters. The van der Waals surface area contributed by atoms with Gasteiger partial charge in [-0.2, -0.15) is 0 Å². The molecule has 2 N–H and O–H groups in total. The minimum atomic E-state index is 0.243. The maximum absolute atomic E-state index is 6.17. The Labute approximate surface area is 110 Å². The van der Waals surface area contributed by atoms with Crippen molar-refractivity contribution in [2.75, 3.05) is 13.1 Å². The van der Waals surface area contributed by atoms with Crippen molar-refractivity contribution in [2.45, 2.75) is 44.2 Å². The summed E-state index contributed by atoms with van der Waals surface area (Å²) >= 11 is 0. The van der Waals surface area contributed by atoms with E-state index in [9.17, 15) is 0 Å². The van der Waals surface area contributed by atoms with Crippen molar-refractivity contribution in [3.63, 3.8) is 0 Å². The molecule has 18 heavy (non-hydrogen) atoms. The maximum Gasteiger partial charge on any atom is 0.0233 e. The highest BCUT2D eigenvalue weighted by Crippen LogP contribution is 2.38. The van der Waals surface area contributed by atoms with Gasteiger partial charge in [0.1, 0.15) is 0 Å². The largest absolute Gasteiger partial charge is 0.325 e. The van der Waals surface area contributed by atoms with Crippen LogP contribution >= 0.6 is 0 Å². The van der Waals surface area contributed by atoms with Crippen molar-refractivity contribution in [1.29, 1.82) is 0 Å². The Bertz CT molecular complexity index is 383. The van der Waals surface area contributed by atoms with Crippen LogP contribution in [0.3, 0.4) is 0 Å². The molecule has 98 valence electrons. The smallest absolute Gasteiger partial charge is 0.0233 e. The molecular weight excluding hydrogens is 220 g/mol. The molecule has 1 heterocycles. The number of nitrogens with zero attached hydrogens (tertiary/aromatic N) is 1. The molecule has 2 aliphatic rings. The van der Waals surface area contributed by atoms with E-state index in [0.29, 0.717) is 0 Å². The molecule has 2 nitrogen and oxygen atoms in total. The molecule has 0 spiro atoms. The first-order valence-corrected chi connectivity index (χ1v) is 7.29. The van der Waals surface area contributed by atoms with E-state index in [0.717, 1.165) is 12.5 Å². The summed E-state index contributed by atoms with van der Waals surface area (Å²) in [5.74, 6) is 0.884. The zero-order chi connectivity index (χ0) is 12.4. The van der Waals surface area contributed by atoms with E-state index in [2.05, 4.69) is 35.2 Å². The summed E-state index contributed by atoms with van der Waals surface area (Å²) < 4.78 is 0. The molecule has 1 aliphatic heterocycles. The van der Waals surface area contributed by atoms with Gasteiger partial charge in [0.05, 0.1) is 0 Å². The van der Waals surface area contributed by atoms with E-state index in [1.54, 1.807) is 0 Å². The summed E-state index contributed by atoms with van der Waals surface area (Å²) in [4.78, 5) is 2.59. The van der Waals surface area contributed by atoms with Crippen LogP contribution in [-0.2, 0) is 6.54 Å². The van der Waals surface area contributed by atoms with Crippen LogP contribution in [0.4, 0.5) is 0 Å². The second kappa shape index (κ2) is 5.02. The molecule has 0 radical (unpaired) electrons. The minimum Gasteiger partial charge on any atom is -0.325 e. The van der Waals surface area contributed by atoms with Gasteiger partial charge in [-0.25, -0.2) is 0 Å². The van der Waals surface area contributed by atoms with Gasteiger partial charge >= 0.3 is 0 Å². The molecule has 2 heteroatoms. The van der Waals surface area contributed by atoms with E-state index in [1.165, 1.54) is 50.8 Å². The van der Waals surface area contributed by atoms with Crippen LogP contribution in [0.25, 0.3) is 0 Å². The lowest BCUT2D eigenvalue weighted by Gasteiger charge is -2.17. The van der Waals surface area contributed by atoms with Gasteiger partial charge in [-0.15, -0.1) is 0 Å². The zero-order valence-electron chi connectivity index (χ0n) is 11.1. The van der Waals surface area contributed by atoms with Crippen molar-refractivity contribution < 1.29 is 0 Å². The number of benzene rings is 1. The molecule has 0 amide bonds. The van der Waals surface area contributed by atoms with E-state index in [1.807, 2.05) is 0 Å². The second-order valence-electron chi connectivity index (χ2n) is 6.28. The fourth-order valence-electron chi connectivity index (χ4n) is 3.04. The van der Waals surface area contributed by atoms with Crippen LogP contribution in [0.2, 0.25) is 0 Å². The summed E-state index contributed by atoms with van der Waals surface area (Å²) in [5, 5.41) is 0. The van der Waals surface area contributed by atoms with Crippen LogP contribution in [0.1, 0.15) is 37.7 Å². The van der Waals surface area contributed by atoms with Gasteiger partial charge in [0.15, 0.2) is 0 Å². The van der Waals surface area contributed by atoms with E-state index in [4.69, 9.17) is 5.73 Å². The van der Waals surface area contributed by atoms with Crippen LogP contribution in [0, 0.1) is 5.92 Å². The quantitative estimate of drug-likeness (QED) is 0.863. The molecule has 0 bridgehead atoms. The Hall–Kier alpha value is -0.860. The SMILES string of the molecule is NC1(CCC2CCN(Cc3ccccc3)C2)CC1. The van der Waals surface area contributed by atoms with Crippen LogP contribution in [0.5, 0.6) is 0 Å². The maximum atomic E-state index is 6.17. The summed E-state index contributed by atoms with van der Waals surface area (Å²) in [6, 6.07) is 10.8. The molecule has 1 saturated heterocycles. The molecular formula is C16H24N2. The molecule has 1 saturated carbocycles. The fourth-order valence-corrected chi connectivity index (χ4v) is 3.04. The van der Waals surface area contributed by atoms with Gasteiger partial charge in [0.25, 0.3) is 0 Å². The topological polar surface area (TPSA) is 29.3 Å². The van der Waals surface area contributed by atoms with Crippen molar-refractivity contribution in [3.05, 3.63) is 35.9 Å². The average molecular weight is 244 g/mol. The summed E-state index contributed by atoms with van der Waals surface area (Å²) in [7, 11) is 0. The first-order valence-electron chi connectivity index (χ1n) is 7.29. The Balaban J connectivity index is 1.44.